The van der Waals surface area contributed by atoms with Crippen molar-refractivity contribution in [3.8, 4) is 0 Å². The van der Waals surface area contributed by atoms with Crippen molar-refractivity contribution in [2.24, 2.45) is 0 Å². The van der Waals surface area contributed by atoms with Gasteiger partial charge in [0.05, 0.1) is 26.4 Å². The molecule has 1 heterocycles. The average molecular weight is 334 g/mol. The molecule has 0 spiro atoms. The van der Waals surface area contributed by atoms with Crippen LogP contribution in [0.3, 0.4) is 0 Å². The van der Waals surface area contributed by atoms with Crippen LogP contribution in [0.5, 0.6) is 0 Å². The highest BCUT2D eigenvalue weighted by Crippen LogP contribution is 2.27. The zero-order chi connectivity index (χ0) is 17.7. The van der Waals surface area contributed by atoms with Crippen LogP contribution in [0.2, 0.25) is 0 Å². The highest BCUT2D eigenvalue weighted by molar-refractivity contribution is 6.03. The predicted octanol–water partition coefficient (Wildman–Crippen LogP) is 0.440. The molecule has 1 aromatic rings. The minimum Gasteiger partial charge on any atom is -0.466 e. The number of benzene rings is 1. The molecule has 8 heteroatoms. The normalized spacial score (nSPS) is 14.2. The van der Waals surface area contributed by atoms with Crippen molar-refractivity contribution in [3.63, 3.8) is 0 Å². The molecule has 0 aliphatic carbocycles. The van der Waals surface area contributed by atoms with Crippen LogP contribution >= 0.6 is 0 Å². The fourth-order valence-electron chi connectivity index (χ4n) is 2.31. The maximum absolute atomic E-state index is 12.2. The molecular weight excluding hydrogens is 316 g/mol. The molecule has 0 unspecified atom stereocenters. The second-order valence-electron chi connectivity index (χ2n) is 4.85. The largest absolute Gasteiger partial charge is 0.466 e. The molecule has 0 fully saturated rings. The van der Waals surface area contributed by atoms with Crippen molar-refractivity contribution in [3.05, 3.63) is 41.1 Å². The van der Waals surface area contributed by atoms with Crippen LogP contribution < -0.4 is 10.2 Å². The van der Waals surface area contributed by atoms with E-state index in [0.29, 0.717) is 11.3 Å². The van der Waals surface area contributed by atoms with E-state index in [0.717, 1.165) is 0 Å². The molecule has 0 radical (unpaired) electrons. The van der Waals surface area contributed by atoms with Gasteiger partial charge in [-0.1, -0.05) is 6.07 Å². The standard InChI is InChI=1S/C16H18N2O6/c1-17-14(19)10-5-4-6-11(7-10)18-9-24-8-12(15(20)22-2)13(18)16(21)23-3/h4-7H,8-9H2,1-3H3,(H,17,19). The first-order valence-corrected chi connectivity index (χ1v) is 7.10. The molecule has 0 aromatic heterocycles. The quantitative estimate of drug-likeness (QED) is 0.799. The van der Waals surface area contributed by atoms with Crippen LogP contribution in [0, 0.1) is 0 Å². The van der Waals surface area contributed by atoms with E-state index in [9.17, 15) is 14.4 Å². The molecule has 0 atom stereocenters. The monoisotopic (exact) mass is 334 g/mol. The summed E-state index contributed by atoms with van der Waals surface area (Å²) in [5.41, 5.74) is 1.01. The second kappa shape index (κ2) is 7.60. The van der Waals surface area contributed by atoms with Crippen LogP contribution in [0.1, 0.15) is 10.4 Å². The molecule has 0 saturated heterocycles. The Morgan fingerprint density at radius 1 is 1.17 bits per heavy atom. The number of nitrogens with zero attached hydrogens (tertiary/aromatic N) is 1. The van der Waals surface area contributed by atoms with Gasteiger partial charge in [0.15, 0.2) is 0 Å². The smallest absolute Gasteiger partial charge is 0.355 e. The summed E-state index contributed by atoms with van der Waals surface area (Å²) >= 11 is 0. The van der Waals surface area contributed by atoms with Gasteiger partial charge >= 0.3 is 11.9 Å². The average Bonchev–Trinajstić information content (AvgIpc) is 2.65. The number of carbonyl (C=O) groups is 3. The molecule has 1 aromatic carbocycles. The number of carbonyl (C=O) groups excluding carboxylic acids is 3. The van der Waals surface area contributed by atoms with E-state index in [4.69, 9.17) is 14.2 Å². The van der Waals surface area contributed by atoms with Crippen molar-refractivity contribution >= 4 is 23.5 Å². The Morgan fingerprint density at radius 2 is 1.88 bits per heavy atom. The van der Waals surface area contributed by atoms with E-state index in [1.807, 2.05) is 0 Å². The summed E-state index contributed by atoms with van der Waals surface area (Å²) in [6.45, 7) is -0.0368. The minimum atomic E-state index is -0.691. The van der Waals surface area contributed by atoms with E-state index >= 15 is 0 Å². The summed E-state index contributed by atoms with van der Waals surface area (Å²) in [5.74, 6) is -1.64. The Kier molecular flexibility index (Phi) is 5.54. The van der Waals surface area contributed by atoms with Gasteiger partial charge in [-0.3, -0.25) is 4.79 Å². The van der Waals surface area contributed by atoms with Crippen molar-refractivity contribution in [2.45, 2.75) is 0 Å². The second-order valence-corrected chi connectivity index (χ2v) is 4.85. The minimum absolute atomic E-state index is 0.0299. The lowest BCUT2D eigenvalue weighted by atomic mass is 10.1. The molecule has 1 aliphatic heterocycles. The van der Waals surface area contributed by atoms with Crippen LogP contribution in [0.15, 0.2) is 35.5 Å². The lowest BCUT2D eigenvalue weighted by Gasteiger charge is -2.31. The predicted molar refractivity (Wildman–Crippen MR) is 84.2 cm³/mol. The zero-order valence-corrected chi connectivity index (χ0v) is 13.6. The molecule has 128 valence electrons. The lowest BCUT2D eigenvalue weighted by Crippen LogP contribution is -2.38. The Morgan fingerprint density at radius 3 is 2.50 bits per heavy atom. The lowest BCUT2D eigenvalue weighted by molar-refractivity contribution is -0.140. The SMILES string of the molecule is CNC(=O)c1cccc(N2COCC(C(=O)OC)=C2C(=O)OC)c1. The summed E-state index contributed by atoms with van der Waals surface area (Å²) in [5, 5.41) is 2.53. The van der Waals surface area contributed by atoms with E-state index in [-0.39, 0.29) is 30.5 Å². The van der Waals surface area contributed by atoms with Gasteiger partial charge in [-0.15, -0.1) is 0 Å². The Bertz CT molecular complexity index is 698. The molecular formula is C16H18N2O6. The van der Waals surface area contributed by atoms with Crippen molar-refractivity contribution < 1.29 is 28.6 Å². The number of anilines is 1. The third-order valence-corrected chi connectivity index (χ3v) is 3.48. The Hall–Kier alpha value is -2.87. The summed E-state index contributed by atoms with van der Waals surface area (Å²) in [4.78, 5) is 37.4. The Balaban J connectivity index is 2.53. The molecule has 1 amide bonds. The molecule has 2 rings (SSSR count). The fourth-order valence-corrected chi connectivity index (χ4v) is 2.31. The third kappa shape index (κ3) is 3.38. The molecule has 0 bridgehead atoms. The van der Waals surface area contributed by atoms with Gasteiger partial charge in [-0.05, 0) is 18.2 Å². The zero-order valence-electron chi connectivity index (χ0n) is 13.6. The number of hydrogen-bond donors (Lipinski definition) is 1. The van der Waals surface area contributed by atoms with Crippen molar-refractivity contribution in [1.82, 2.24) is 5.32 Å². The van der Waals surface area contributed by atoms with Crippen LogP contribution in [-0.4, -0.2) is 52.5 Å². The first-order chi connectivity index (χ1) is 11.5. The van der Waals surface area contributed by atoms with Crippen molar-refractivity contribution in [1.29, 1.82) is 0 Å². The highest BCUT2D eigenvalue weighted by Gasteiger charge is 2.32. The molecule has 24 heavy (non-hydrogen) atoms. The number of nitrogens with one attached hydrogen (secondary N) is 1. The number of amides is 1. The van der Waals surface area contributed by atoms with Crippen molar-refractivity contribution in [2.75, 3.05) is 39.5 Å². The summed E-state index contributed by atoms with van der Waals surface area (Å²) < 4.78 is 14.9. The third-order valence-electron chi connectivity index (χ3n) is 3.48. The number of ether oxygens (including phenoxy) is 3. The summed E-state index contributed by atoms with van der Waals surface area (Å²) in [6, 6.07) is 6.58. The maximum Gasteiger partial charge on any atom is 0.355 e. The number of methoxy groups -OCH3 is 2. The van der Waals surface area contributed by atoms with E-state index in [2.05, 4.69) is 5.32 Å². The summed E-state index contributed by atoms with van der Waals surface area (Å²) in [7, 11) is 3.96. The van der Waals surface area contributed by atoms with Gasteiger partial charge < -0.3 is 24.4 Å². The summed E-state index contributed by atoms with van der Waals surface area (Å²) in [6.07, 6.45) is 0. The first-order valence-electron chi connectivity index (χ1n) is 7.10. The fraction of sp³-hybridized carbons (Fsp3) is 0.312. The van der Waals surface area contributed by atoms with Crippen LogP contribution in [0.25, 0.3) is 0 Å². The van der Waals surface area contributed by atoms with Gasteiger partial charge in [0.2, 0.25) is 0 Å². The van der Waals surface area contributed by atoms with Gasteiger partial charge in [0.25, 0.3) is 5.91 Å². The van der Waals surface area contributed by atoms with Crippen LogP contribution in [0.4, 0.5) is 5.69 Å². The van der Waals surface area contributed by atoms with Gasteiger partial charge in [0.1, 0.15) is 12.4 Å². The highest BCUT2D eigenvalue weighted by atomic mass is 16.5. The van der Waals surface area contributed by atoms with Crippen LogP contribution in [-0.2, 0) is 23.8 Å². The number of rotatable bonds is 4. The van der Waals surface area contributed by atoms with Gasteiger partial charge in [-0.2, -0.15) is 0 Å². The van der Waals surface area contributed by atoms with Gasteiger partial charge in [-0.25, -0.2) is 9.59 Å². The number of esters is 2. The van der Waals surface area contributed by atoms with E-state index in [1.165, 1.54) is 26.2 Å². The Labute approximate surface area is 139 Å². The number of hydrogen-bond acceptors (Lipinski definition) is 7. The first kappa shape index (κ1) is 17.5. The van der Waals surface area contributed by atoms with Gasteiger partial charge in [0, 0.05) is 18.3 Å². The topological polar surface area (TPSA) is 94.2 Å². The molecule has 0 saturated carbocycles. The van der Waals surface area contributed by atoms with E-state index in [1.54, 1.807) is 24.3 Å². The molecule has 8 nitrogen and oxygen atoms in total. The molecule has 1 aliphatic rings. The maximum atomic E-state index is 12.2. The van der Waals surface area contributed by atoms with E-state index < -0.39 is 11.9 Å². The molecule has 1 N–H and O–H groups in total.